The van der Waals surface area contributed by atoms with Crippen LogP contribution < -0.4 is 0 Å². The number of rotatable bonds is 7. The molecule has 4 heteroatoms. The minimum Gasteiger partial charge on any atom is -0.379 e. The molecule has 0 aromatic heterocycles. The molecule has 0 atom stereocenters. The van der Waals surface area contributed by atoms with Gasteiger partial charge in [-0.1, -0.05) is 44.0 Å². The summed E-state index contributed by atoms with van der Waals surface area (Å²) in [5.41, 5.74) is 1.08. The van der Waals surface area contributed by atoms with E-state index in [2.05, 4.69) is 31.9 Å². The molecule has 0 saturated carbocycles. The quantitative estimate of drug-likeness (QED) is 0.623. The Balaban J connectivity index is 2.81. The lowest BCUT2D eigenvalue weighted by Crippen LogP contribution is -2.32. The molecule has 0 radical (unpaired) electrons. The summed E-state index contributed by atoms with van der Waals surface area (Å²) in [6.45, 7) is 4.76. The maximum absolute atomic E-state index is 13.0. The minimum atomic E-state index is -0.199. The van der Waals surface area contributed by atoms with Crippen molar-refractivity contribution >= 4 is 31.9 Å². The van der Waals surface area contributed by atoms with Crippen LogP contribution in [0.1, 0.15) is 25.8 Å². The third kappa shape index (κ3) is 4.32. The van der Waals surface area contributed by atoms with Crippen molar-refractivity contribution in [1.29, 1.82) is 0 Å². The Morgan fingerprint density at radius 1 is 1.17 bits per heavy atom. The van der Waals surface area contributed by atoms with Crippen LogP contribution in [0.5, 0.6) is 0 Å². The lowest BCUT2D eigenvalue weighted by molar-refractivity contribution is 0.0682. The average molecular weight is 382 g/mol. The standard InChI is InChI=1S/C14H19Br2FO/c1-11(2)18-8-7-14(9-15,10-16)12-3-5-13(17)6-4-12/h3-6,11H,7-10H2,1-2H3. The molecule has 1 aromatic rings. The second-order valence-electron chi connectivity index (χ2n) is 4.72. The summed E-state index contributed by atoms with van der Waals surface area (Å²) in [5.74, 6) is -0.199. The van der Waals surface area contributed by atoms with Crippen LogP contribution in [-0.2, 0) is 10.2 Å². The van der Waals surface area contributed by atoms with Crippen molar-refractivity contribution < 1.29 is 9.13 Å². The van der Waals surface area contributed by atoms with Crippen LogP contribution in [-0.4, -0.2) is 23.4 Å². The highest BCUT2D eigenvalue weighted by Gasteiger charge is 2.30. The van der Waals surface area contributed by atoms with E-state index in [-0.39, 0.29) is 17.3 Å². The van der Waals surface area contributed by atoms with Gasteiger partial charge in [0.15, 0.2) is 0 Å². The zero-order valence-electron chi connectivity index (χ0n) is 10.8. The largest absolute Gasteiger partial charge is 0.379 e. The first kappa shape index (κ1) is 16.1. The highest BCUT2D eigenvalue weighted by atomic mass is 79.9. The van der Waals surface area contributed by atoms with E-state index < -0.39 is 0 Å². The van der Waals surface area contributed by atoms with Gasteiger partial charge < -0.3 is 4.74 Å². The predicted octanol–water partition coefficient (Wildman–Crippen LogP) is 4.67. The van der Waals surface area contributed by atoms with E-state index in [0.717, 1.165) is 22.6 Å². The maximum Gasteiger partial charge on any atom is 0.123 e. The number of ether oxygens (including phenoxy) is 1. The lowest BCUT2D eigenvalue weighted by Gasteiger charge is -2.31. The van der Waals surface area contributed by atoms with Crippen LogP contribution >= 0.6 is 31.9 Å². The zero-order valence-corrected chi connectivity index (χ0v) is 13.9. The molecule has 0 unspecified atom stereocenters. The average Bonchev–Trinajstić information content (AvgIpc) is 2.36. The van der Waals surface area contributed by atoms with Crippen LogP contribution in [0.4, 0.5) is 4.39 Å². The van der Waals surface area contributed by atoms with E-state index in [9.17, 15) is 4.39 Å². The lowest BCUT2D eigenvalue weighted by atomic mass is 9.82. The van der Waals surface area contributed by atoms with E-state index >= 15 is 0 Å². The Bertz CT molecular complexity index is 347. The van der Waals surface area contributed by atoms with Gasteiger partial charge in [0.2, 0.25) is 0 Å². The fourth-order valence-corrected chi connectivity index (χ4v) is 3.90. The topological polar surface area (TPSA) is 9.23 Å². The summed E-state index contributed by atoms with van der Waals surface area (Å²) >= 11 is 7.15. The highest BCUT2D eigenvalue weighted by molar-refractivity contribution is 9.09. The zero-order chi connectivity index (χ0) is 13.6. The highest BCUT2D eigenvalue weighted by Crippen LogP contribution is 2.32. The SMILES string of the molecule is CC(C)OCCC(CBr)(CBr)c1ccc(F)cc1. The second kappa shape index (κ2) is 7.61. The molecule has 102 valence electrons. The van der Waals surface area contributed by atoms with Crippen LogP contribution in [0.15, 0.2) is 24.3 Å². The molecule has 0 N–H and O–H groups in total. The molecule has 1 nitrogen and oxygen atoms in total. The molecule has 1 aromatic carbocycles. The van der Waals surface area contributed by atoms with Gasteiger partial charge in [-0.25, -0.2) is 4.39 Å². The van der Waals surface area contributed by atoms with Crippen molar-refractivity contribution in [3.8, 4) is 0 Å². The fourth-order valence-electron chi connectivity index (χ4n) is 1.76. The summed E-state index contributed by atoms with van der Waals surface area (Å²) in [7, 11) is 0. The fraction of sp³-hybridized carbons (Fsp3) is 0.571. The first-order valence-electron chi connectivity index (χ1n) is 6.03. The normalized spacial score (nSPS) is 12.1. The molecule has 18 heavy (non-hydrogen) atoms. The Kier molecular flexibility index (Phi) is 6.82. The van der Waals surface area contributed by atoms with Crippen molar-refractivity contribution in [2.45, 2.75) is 31.8 Å². The molecule has 0 amide bonds. The van der Waals surface area contributed by atoms with Gasteiger partial charge >= 0.3 is 0 Å². The smallest absolute Gasteiger partial charge is 0.123 e. The van der Waals surface area contributed by atoms with Gasteiger partial charge in [-0.3, -0.25) is 0 Å². The number of benzene rings is 1. The second-order valence-corrected chi connectivity index (χ2v) is 5.85. The Morgan fingerprint density at radius 3 is 2.17 bits per heavy atom. The first-order chi connectivity index (χ1) is 8.54. The third-order valence-corrected chi connectivity index (χ3v) is 5.15. The summed E-state index contributed by atoms with van der Waals surface area (Å²) in [4.78, 5) is 0. The van der Waals surface area contributed by atoms with Gasteiger partial charge in [-0.15, -0.1) is 0 Å². The van der Waals surface area contributed by atoms with E-state index in [4.69, 9.17) is 4.74 Å². The summed E-state index contributed by atoms with van der Waals surface area (Å²) in [6.07, 6.45) is 1.13. The molecule has 0 aliphatic heterocycles. The molecule has 1 rings (SSSR count). The van der Waals surface area contributed by atoms with E-state index in [1.807, 2.05) is 26.0 Å². The molecule has 0 heterocycles. The van der Waals surface area contributed by atoms with Gasteiger partial charge in [0.05, 0.1) is 6.10 Å². The van der Waals surface area contributed by atoms with Crippen LogP contribution in [0.3, 0.4) is 0 Å². The Hall–Kier alpha value is 0.0700. The summed E-state index contributed by atoms with van der Waals surface area (Å²) < 4.78 is 18.6. The number of halogens is 3. The van der Waals surface area contributed by atoms with Crippen molar-refractivity contribution in [1.82, 2.24) is 0 Å². The maximum atomic E-state index is 13.0. The minimum absolute atomic E-state index is 0.0530. The van der Waals surface area contributed by atoms with Crippen molar-refractivity contribution in [2.75, 3.05) is 17.3 Å². The summed E-state index contributed by atoms with van der Waals surface area (Å²) in [6, 6.07) is 6.73. The molecule has 0 aliphatic rings. The third-order valence-electron chi connectivity index (χ3n) is 3.00. The molecule has 0 fully saturated rings. The van der Waals surface area contributed by atoms with Gasteiger partial charge in [-0.05, 0) is 38.0 Å². The molecular weight excluding hydrogens is 363 g/mol. The summed E-state index contributed by atoms with van der Waals surface area (Å²) in [5, 5.41) is 1.64. The van der Waals surface area contributed by atoms with E-state index in [0.29, 0.717) is 6.61 Å². The van der Waals surface area contributed by atoms with Crippen molar-refractivity contribution in [3.63, 3.8) is 0 Å². The van der Waals surface area contributed by atoms with Gasteiger partial charge in [0.1, 0.15) is 5.82 Å². The monoisotopic (exact) mass is 380 g/mol. The molecule has 0 saturated heterocycles. The molecule has 0 aliphatic carbocycles. The number of hydrogen-bond acceptors (Lipinski definition) is 1. The predicted molar refractivity (Wildman–Crippen MR) is 81.4 cm³/mol. The van der Waals surface area contributed by atoms with Crippen molar-refractivity contribution in [3.05, 3.63) is 35.6 Å². The Morgan fingerprint density at radius 2 is 1.72 bits per heavy atom. The number of hydrogen-bond donors (Lipinski definition) is 0. The van der Waals surface area contributed by atoms with Gasteiger partial charge in [0.25, 0.3) is 0 Å². The van der Waals surface area contributed by atoms with Crippen LogP contribution in [0.2, 0.25) is 0 Å². The van der Waals surface area contributed by atoms with E-state index in [1.54, 1.807) is 0 Å². The van der Waals surface area contributed by atoms with Gasteiger partial charge in [0, 0.05) is 22.7 Å². The number of alkyl halides is 2. The first-order valence-corrected chi connectivity index (χ1v) is 8.28. The van der Waals surface area contributed by atoms with Crippen LogP contribution in [0.25, 0.3) is 0 Å². The Labute approximate surface area is 125 Å². The van der Waals surface area contributed by atoms with Crippen LogP contribution in [0, 0.1) is 5.82 Å². The van der Waals surface area contributed by atoms with E-state index in [1.165, 1.54) is 12.1 Å². The molecule has 0 bridgehead atoms. The van der Waals surface area contributed by atoms with Crippen molar-refractivity contribution in [2.24, 2.45) is 0 Å². The molecular formula is C14H19Br2FO. The molecule has 0 spiro atoms. The van der Waals surface area contributed by atoms with Gasteiger partial charge in [-0.2, -0.15) is 0 Å².